The summed E-state index contributed by atoms with van der Waals surface area (Å²) in [6.45, 7) is 5.22. The first-order valence-electron chi connectivity index (χ1n) is 17.5. The van der Waals surface area contributed by atoms with Crippen LogP contribution in [0.15, 0.2) is 42.6 Å². The number of hydrogen-bond donors (Lipinski definition) is 3. The number of para-hydroxylation sites is 1. The molecule has 11 nitrogen and oxygen atoms in total. The molecule has 1 aromatic heterocycles. The SMILES string of the molecule is CNC(=O)c1cccc(C)c1Nc1nc(Nc2ccc(N3CCN([C@H]4C5CC6CC4C[C@](C(=O)OC)(C6)C5)CC3)cc2OC)ncc1C(F)(F)F. The summed E-state index contributed by atoms with van der Waals surface area (Å²) in [6.07, 6.45) is 1.23. The fourth-order valence-electron chi connectivity index (χ4n) is 9.46. The zero-order chi connectivity index (χ0) is 36.1. The van der Waals surface area contributed by atoms with Gasteiger partial charge < -0.3 is 30.3 Å². The van der Waals surface area contributed by atoms with Crippen LogP contribution in [0.5, 0.6) is 5.75 Å². The second-order valence-electron chi connectivity index (χ2n) is 14.4. The Morgan fingerprint density at radius 1 is 0.980 bits per heavy atom. The van der Waals surface area contributed by atoms with Crippen LogP contribution in [0.1, 0.15) is 53.6 Å². The fourth-order valence-corrected chi connectivity index (χ4v) is 9.46. The van der Waals surface area contributed by atoms with Gasteiger partial charge in [-0.2, -0.15) is 18.2 Å². The number of hydrogen-bond acceptors (Lipinski definition) is 10. The van der Waals surface area contributed by atoms with Crippen LogP contribution in [0.25, 0.3) is 0 Å². The molecule has 1 saturated heterocycles. The van der Waals surface area contributed by atoms with Crippen LogP contribution in [0.2, 0.25) is 0 Å². The Morgan fingerprint density at radius 2 is 1.71 bits per heavy atom. The van der Waals surface area contributed by atoms with Gasteiger partial charge in [0.05, 0.1) is 36.6 Å². The number of benzene rings is 2. The van der Waals surface area contributed by atoms with Crippen molar-refractivity contribution < 1.29 is 32.2 Å². The highest BCUT2D eigenvalue weighted by atomic mass is 19.4. The second-order valence-corrected chi connectivity index (χ2v) is 14.4. The molecule has 1 aliphatic heterocycles. The lowest BCUT2D eigenvalue weighted by Crippen LogP contribution is -2.63. The topological polar surface area (TPSA) is 121 Å². The lowest BCUT2D eigenvalue weighted by Gasteiger charge is -2.61. The van der Waals surface area contributed by atoms with Crippen LogP contribution >= 0.6 is 0 Å². The summed E-state index contributed by atoms with van der Waals surface area (Å²) in [5.41, 5.74) is 1.07. The van der Waals surface area contributed by atoms with E-state index in [1.54, 1.807) is 19.1 Å². The van der Waals surface area contributed by atoms with E-state index in [0.29, 0.717) is 47.0 Å². The molecule has 0 spiro atoms. The summed E-state index contributed by atoms with van der Waals surface area (Å²) in [4.78, 5) is 38.4. The molecule has 5 fully saturated rings. The minimum Gasteiger partial charge on any atom is -0.494 e. The van der Waals surface area contributed by atoms with Gasteiger partial charge in [0.25, 0.3) is 5.91 Å². The number of halogens is 3. The first-order chi connectivity index (χ1) is 24.4. The Morgan fingerprint density at radius 3 is 2.35 bits per heavy atom. The third-order valence-electron chi connectivity index (χ3n) is 11.5. The minimum absolute atomic E-state index is 0.0160. The Bertz CT molecular complexity index is 1800. The van der Waals surface area contributed by atoms with Gasteiger partial charge in [0.2, 0.25) is 5.95 Å². The van der Waals surface area contributed by atoms with Gasteiger partial charge >= 0.3 is 12.1 Å². The molecule has 1 amide bonds. The first-order valence-corrected chi connectivity index (χ1v) is 17.5. The molecule has 272 valence electrons. The summed E-state index contributed by atoms with van der Waals surface area (Å²) in [7, 11) is 4.51. The van der Waals surface area contributed by atoms with Gasteiger partial charge in [-0.3, -0.25) is 14.5 Å². The Kier molecular flexibility index (Phi) is 9.23. The number of carbonyl (C=O) groups excluding carboxylic acids is 2. The number of anilines is 5. The quantitative estimate of drug-likeness (QED) is 0.224. The van der Waals surface area contributed by atoms with Gasteiger partial charge in [-0.15, -0.1) is 0 Å². The molecule has 51 heavy (non-hydrogen) atoms. The maximum absolute atomic E-state index is 14.1. The van der Waals surface area contributed by atoms with Crippen LogP contribution in [0.3, 0.4) is 0 Å². The number of alkyl halides is 3. The van der Waals surface area contributed by atoms with E-state index in [-0.39, 0.29) is 28.6 Å². The number of rotatable bonds is 9. The Labute approximate surface area is 295 Å². The normalized spacial score (nSPS) is 25.7. The molecule has 4 bridgehead atoms. The van der Waals surface area contributed by atoms with E-state index in [1.165, 1.54) is 40.2 Å². The molecular weight excluding hydrogens is 663 g/mol. The van der Waals surface area contributed by atoms with Gasteiger partial charge in [0.15, 0.2) is 0 Å². The van der Waals surface area contributed by atoms with Crippen LogP contribution in [-0.4, -0.2) is 80.2 Å². The van der Waals surface area contributed by atoms with E-state index in [9.17, 15) is 22.8 Å². The monoisotopic (exact) mass is 707 g/mol. The predicted octanol–water partition coefficient (Wildman–Crippen LogP) is 6.15. The number of carbonyl (C=O) groups is 2. The lowest BCUT2D eigenvalue weighted by molar-refractivity contribution is -0.176. The molecule has 3 N–H and O–H groups in total. The molecule has 0 radical (unpaired) electrons. The average Bonchev–Trinajstić information content (AvgIpc) is 3.11. The number of ether oxygens (including phenoxy) is 2. The maximum Gasteiger partial charge on any atom is 0.421 e. The highest BCUT2D eigenvalue weighted by molar-refractivity contribution is 6.00. The number of nitrogens with one attached hydrogen (secondary N) is 3. The fraction of sp³-hybridized carbons (Fsp3) is 0.514. The van der Waals surface area contributed by atoms with Crippen LogP contribution in [0.4, 0.5) is 42.0 Å². The van der Waals surface area contributed by atoms with Crippen LogP contribution in [0, 0.1) is 30.1 Å². The van der Waals surface area contributed by atoms with Crippen molar-refractivity contribution in [2.45, 2.75) is 51.2 Å². The molecule has 4 aliphatic carbocycles. The average molecular weight is 708 g/mol. The maximum atomic E-state index is 14.1. The van der Waals surface area contributed by atoms with Crippen molar-refractivity contribution in [1.29, 1.82) is 0 Å². The third-order valence-corrected chi connectivity index (χ3v) is 11.5. The zero-order valence-electron chi connectivity index (χ0n) is 29.3. The summed E-state index contributed by atoms with van der Waals surface area (Å²) in [5, 5.41) is 8.30. The summed E-state index contributed by atoms with van der Waals surface area (Å²) in [6, 6.07) is 11.1. The predicted molar refractivity (Wildman–Crippen MR) is 187 cm³/mol. The van der Waals surface area contributed by atoms with Gasteiger partial charge in [0, 0.05) is 57.2 Å². The molecule has 14 heteroatoms. The van der Waals surface area contributed by atoms with Crippen molar-refractivity contribution in [3.8, 4) is 5.75 Å². The standard InChI is InChI=1S/C37H44F3N7O4/c1-21-6-5-7-26(33(48)41-2)30(21)44-32-27(37(38,39)40)20-42-35(45-32)43-28-9-8-25(16-29(28)50-3)46-10-12-47(13-11-46)31-23-14-22-15-24(31)19-36(17-22,18-23)34(49)51-4/h5-9,16,20,22-24,31H,10-15,17-19H2,1-4H3,(H,41,48)(H2,42,43,44,45)/t22?,23?,24?,31-,36-. The van der Waals surface area contributed by atoms with Gasteiger partial charge in [-0.25, -0.2) is 4.98 Å². The minimum atomic E-state index is -4.75. The van der Waals surface area contributed by atoms with Gasteiger partial charge in [-0.1, -0.05) is 12.1 Å². The first kappa shape index (κ1) is 34.8. The van der Waals surface area contributed by atoms with Crippen LogP contribution < -0.4 is 25.6 Å². The van der Waals surface area contributed by atoms with E-state index in [1.807, 2.05) is 18.2 Å². The Hall–Kier alpha value is -4.59. The van der Waals surface area contributed by atoms with Crippen molar-refractivity contribution in [3.05, 3.63) is 59.3 Å². The number of nitrogens with zero attached hydrogens (tertiary/aromatic N) is 4. The lowest BCUT2D eigenvalue weighted by atomic mass is 9.47. The molecular formula is C37H44F3N7O4. The van der Waals surface area contributed by atoms with E-state index in [4.69, 9.17) is 9.47 Å². The second kappa shape index (κ2) is 13.5. The van der Waals surface area contributed by atoms with E-state index in [2.05, 4.69) is 35.7 Å². The highest BCUT2D eigenvalue weighted by Crippen LogP contribution is 2.61. The molecule has 2 aromatic carbocycles. The van der Waals surface area contributed by atoms with Crippen LogP contribution in [-0.2, 0) is 15.7 Å². The van der Waals surface area contributed by atoms with Crippen molar-refractivity contribution in [1.82, 2.24) is 20.2 Å². The van der Waals surface area contributed by atoms with Crippen molar-refractivity contribution in [3.63, 3.8) is 0 Å². The summed E-state index contributed by atoms with van der Waals surface area (Å²) < 4.78 is 53.2. The number of aryl methyl sites for hydroxylation is 1. The number of aromatic nitrogens is 2. The molecule has 3 aromatic rings. The molecule has 2 unspecified atom stereocenters. The number of esters is 1. The number of methoxy groups -OCH3 is 2. The number of piperazine rings is 1. The molecule has 5 aliphatic rings. The van der Waals surface area contributed by atoms with Crippen molar-refractivity contribution in [2.75, 3.05) is 63.0 Å². The van der Waals surface area contributed by atoms with E-state index >= 15 is 0 Å². The smallest absolute Gasteiger partial charge is 0.421 e. The van der Waals surface area contributed by atoms with Crippen molar-refractivity contribution in [2.24, 2.45) is 23.2 Å². The highest BCUT2D eigenvalue weighted by Gasteiger charge is 2.60. The largest absolute Gasteiger partial charge is 0.494 e. The van der Waals surface area contributed by atoms with E-state index in [0.717, 1.165) is 51.1 Å². The molecule has 2 heterocycles. The number of amides is 1. The molecule has 4 saturated carbocycles. The molecule has 8 rings (SSSR count). The zero-order valence-corrected chi connectivity index (χ0v) is 29.3. The van der Waals surface area contributed by atoms with Crippen molar-refractivity contribution >= 4 is 40.7 Å². The third kappa shape index (κ3) is 6.54. The summed E-state index contributed by atoms with van der Waals surface area (Å²) in [5.74, 6) is 1.15. The van der Waals surface area contributed by atoms with Gasteiger partial charge in [-0.05, 0) is 80.5 Å². The Balaban J connectivity index is 1.06. The summed E-state index contributed by atoms with van der Waals surface area (Å²) >= 11 is 0. The van der Waals surface area contributed by atoms with Gasteiger partial charge in [0.1, 0.15) is 17.1 Å². The molecule has 2 atom stereocenters. The van der Waals surface area contributed by atoms with E-state index < -0.39 is 23.5 Å².